The molecular weight excluding hydrogens is 340 g/mol. The van der Waals surface area contributed by atoms with E-state index in [1.54, 1.807) is 4.90 Å². The molecule has 3 aromatic rings. The summed E-state index contributed by atoms with van der Waals surface area (Å²) in [4.78, 5) is 26.8. The number of carbonyl (C=O) groups excluding carboxylic acids is 2. The van der Waals surface area contributed by atoms with Crippen molar-refractivity contribution >= 4 is 23.2 Å². The number of carbonyl (C=O) groups is 2. The molecule has 0 saturated carbocycles. The summed E-state index contributed by atoms with van der Waals surface area (Å²) >= 11 is 0. The number of nitrogens with zero attached hydrogens (tertiary/aromatic N) is 2. The number of aryl methyl sites for hydroxylation is 1. The van der Waals surface area contributed by atoms with E-state index in [2.05, 4.69) is 0 Å². The summed E-state index contributed by atoms with van der Waals surface area (Å²) in [5.41, 5.74) is 3.08. The van der Waals surface area contributed by atoms with Gasteiger partial charge in [0.2, 0.25) is 5.88 Å². The molecule has 140 valence electrons. The van der Waals surface area contributed by atoms with E-state index in [4.69, 9.17) is 4.74 Å². The van der Waals surface area contributed by atoms with Crippen LogP contribution in [0.25, 0.3) is 10.9 Å². The molecule has 0 saturated heterocycles. The van der Waals surface area contributed by atoms with E-state index in [0.717, 1.165) is 22.8 Å². The van der Waals surface area contributed by atoms with Crippen LogP contribution in [0.1, 0.15) is 35.3 Å². The van der Waals surface area contributed by atoms with Crippen LogP contribution < -0.4 is 4.74 Å². The van der Waals surface area contributed by atoms with Gasteiger partial charge in [0.1, 0.15) is 6.61 Å². The number of hydrogen-bond donors (Lipinski definition) is 0. The van der Waals surface area contributed by atoms with Gasteiger partial charge in [-0.05, 0) is 38.0 Å². The third-order valence-electron chi connectivity index (χ3n) is 4.68. The van der Waals surface area contributed by atoms with Gasteiger partial charge in [-0.25, -0.2) is 9.36 Å². The van der Waals surface area contributed by atoms with Crippen molar-refractivity contribution in [1.82, 2.24) is 9.47 Å². The summed E-state index contributed by atoms with van der Waals surface area (Å²) in [5, 5.41) is 0.721. The van der Waals surface area contributed by atoms with Gasteiger partial charge in [-0.15, -0.1) is 0 Å². The lowest BCUT2D eigenvalue weighted by atomic mass is 10.1. The van der Waals surface area contributed by atoms with Crippen molar-refractivity contribution in [2.45, 2.75) is 27.4 Å². The van der Waals surface area contributed by atoms with Crippen LogP contribution in [0.2, 0.25) is 0 Å². The van der Waals surface area contributed by atoms with E-state index in [1.807, 2.05) is 69.3 Å². The molecule has 0 aliphatic rings. The average Bonchev–Trinajstić information content (AvgIpc) is 3.00. The van der Waals surface area contributed by atoms with Crippen LogP contribution >= 0.6 is 0 Å². The molecule has 0 spiro atoms. The van der Waals surface area contributed by atoms with Crippen LogP contribution in [-0.2, 0) is 6.61 Å². The van der Waals surface area contributed by atoms with E-state index in [-0.39, 0.29) is 12.6 Å². The van der Waals surface area contributed by atoms with Crippen molar-refractivity contribution in [3.8, 4) is 5.88 Å². The van der Waals surface area contributed by atoms with Crippen LogP contribution in [0, 0.1) is 6.92 Å². The fourth-order valence-corrected chi connectivity index (χ4v) is 3.21. The highest BCUT2D eigenvalue weighted by atomic mass is 16.5. The van der Waals surface area contributed by atoms with E-state index in [0.29, 0.717) is 30.0 Å². The number of rotatable bonds is 6. The molecule has 0 aliphatic heterocycles. The second-order valence-corrected chi connectivity index (χ2v) is 6.42. The first-order valence-corrected chi connectivity index (χ1v) is 9.16. The highest BCUT2D eigenvalue weighted by Crippen LogP contribution is 2.33. The summed E-state index contributed by atoms with van der Waals surface area (Å²) in [6.07, 6.45) is 0.768. The van der Waals surface area contributed by atoms with Crippen molar-refractivity contribution in [3.63, 3.8) is 0 Å². The minimum Gasteiger partial charge on any atom is -0.473 e. The number of amides is 1. The monoisotopic (exact) mass is 364 g/mol. The van der Waals surface area contributed by atoms with Gasteiger partial charge in [-0.1, -0.05) is 42.5 Å². The van der Waals surface area contributed by atoms with Crippen molar-refractivity contribution in [2.75, 3.05) is 13.1 Å². The number of ether oxygens (including phenoxy) is 1. The maximum atomic E-state index is 13.2. The highest BCUT2D eigenvalue weighted by Gasteiger charge is 2.25. The zero-order valence-corrected chi connectivity index (χ0v) is 15.9. The Labute approximate surface area is 159 Å². The molecule has 0 unspecified atom stereocenters. The molecule has 27 heavy (non-hydrogen) atoms. The predicted molar refractivity (Wildman–Crippen MR) is 107 cm³/mol. The molecule has 1 amide bonds. The summed E-state index contributed by atoms with van der Waals surface area (Å²) in [6, 6.07) is 15.2. The lowest BCUT2D eigenvalue weighted by Gasteiger charge is -2.21. The SMILES string of the molecule is CCN(CC)C(=O)n1c(OCc2ccccc2)c(C=O)c2ccc(C)cc21. The summed E-state index contributed by atoms with van der Waals surface area (Å²) < 4.78 is 7.54. The first-order valence-electron chi connectivity index (χ1n) is 9.16. The Balaban J connectivity index is 2.15. The van der Waals surface area contributed by atoms with Crippen molar-refractivity contribution in [3.05, 3.63) is 65.2 Å². The number of aldehydes is 1. The molecule has 0 aliphatic carbocycles. The highest BCUT2D eigenvalue weighted by molar-refractivity contribution is 6.05. The van der Waals surface area contributed by atoms with Gasteiger partial charge in [0.05, 0.1) is 11.1 Å². The number of benzene rings is 2. The molecular formula is C22H24N2O3. The van der Waals surface area contributed by atoms with Gasteiger partial charge in [0, 0.05) is 18.5 Å². The van der Waals surface area contributed by atoms with E-state index < -0.39 is 0 Å². The topological polar surface area (TPSA) is 51.5 Å². The second-order valence-electron chi connectivity index (χ2n) is 6.42. The Bertz CT molecular complexity index is 957. The first kappa shape index (κ1) is 18.7. The Morgan fingerprint density at radius 3 is 2.44 bits per heavy atom. The molecule has 3 rings (SSSR count). The first-order chi connectivity index (χ1) is 13.1. The van der Waals surface area contributed by atoms with Crippen LogP contribution in [0.15, 0.2) is 48.5 Å². The average molecular weight is 364 g/mol. The van der Waals surface area contributed by atoms with Gasteiger partial charge in [0.25, 0.3) is 0 Å². The van der Waals surface area contributed by atoms with Crippen molar-refractivity contribution in [1.29, 1.82) is 0 Å². The Hall–Kier alpha value is -3.08. The van der Waals surface area contributed by atoms with Crippen molar-refractivity contribution in [2.24, 2.45) is 0 Å². The zero-order valence-electron chi connectivity index (χ0n) is 15.9. The molecule has 0 radical (unpaired) electrons. The lowest BCUT2D eigenvalue weighted by molar-refractivity contribution is 0.112. The van der Waals surface area contributed by atoms with Crippen LogP contribution in [0.4, 0.5) is 4.79 Å². The van der Waals surface area contributed by atoms with Gasteiger partial charge in [-0.3, -0.25) is 4.79 Å². The third-order valence-corrected chi connectivity index (χ3v) is 4.68. The smallest absolute Gasteiger partial charge is 0.331 e. The van der Waals surface area contributed by atoms with E-state index in [1.165, 1.54) is 4.57 Å². The lowest BCUT2D eigenvalue weighted by Crippen LogP contribution is -2.34. The predicted octanol–water partition coefficient (Wildman–Crippen LogP) is 4.65. The van der Waals surface area contributed by atoms with Crippen LogP contribution in [-0.4, -0.2) is 34.9 Å². The molecule has 1 aromatic heterocycles. The fourth-order valence-electron chi connectivity index (χ4n) is 3.21. The maximum absolute atomic E-state index is 13.2. The van der Waals surface area contributed by atoms with Gasteiger partial charge in [-0.2, -0.15) is 0 Å². The summed E-state index contributed by atoms with van der Waals surface area (Å²) in [7, 11) is 0. The molecule has 1 heterocycles. The van der Waals surface area contributed by atoms with Crippen LogP contribution in [0.5, 0.6) is 5.88 Å². The Kier molecular flexibility index (Phi) is 5.60. The minimum absolute atomic E-state index is 0.188. The number of hydrogen-bond acceptors (Lipinski definition) is 3. The molecule has 0 atom stereocenters. The van der Waals surface area contributed by atoms with Gasteiger partial charge < -0.3 is 9.64 Å². The maximum Gasteiger partial charge on any atom is 0.331 e. The molecule has 5 nitrogen and oxygen atoms in total. The second kappa shape index (κ2) is 8.08. The quantitative estimate of drug-likeness (QED) is 0.598. The summed E-state index contributed by atoms with van der Waals surface area (Å²) in [6.45, 7) is 7.27. The zero-order chi connectivity index (χ0) is 19.4. The largest absolute Gasteiger partial charge is 0.473 e. The molecule has 5 heteroatoms. The summed E-state index contributed by atoms with van der Waals surface area (Å²) in [5.74, 6) is 0.298. The van der Waals surface area contributed by atoms with E-state index in [9.17, 15) is 9.59 Å². The Morgan fingerprint density at radius 1 is 1.11 bits per heavy atom. The van der Waals surface area contributed by atoms with Gasteiger partial charge in [0.15, 0.2) is 6.29 Å². The molecule has 2 aromatic carbocycles. The van der Waals surface area contributed by atoms with Crippen LogP contribution in [0.3, 0.4) is 0 Å². The third kappa shape index (κ3) is 3.58. The number of aromatic nitrogens is 1. The minimum atomic E-state index is -0.188. The number of fused-ring (bicyclic) bond motifs is 1. The molecule has 0 N–H and O–H groups in total. The van der Waals surface area contributed by atoms with Crippen molar-refractivity contribution < 1.29 is 14.3 Å². The normalized spacial score (nSPS) is 10.8. The fraction of sp³-hybridized carbons (Fsp3) is 0.273. The molecule has 0 fully saturated rings. The Morgan fingerprint density at radius 2 is 1.81 bits per heavy atom. The van der Waals surface area contributed by atoms with E-state index >= 15 is 0 Å². The standard InChI is InChI=1S/C22H24N2O3/c1-4-23(5-2)22(26)24-20-13-16(3)11-12-18(20)19(14-25)21(24)27-15-17-9-7-6-8-10-17/h6-14H,4-5,15H2,1-3H3. The molecule has 0 bridgehead atoms. The van der Waals surface area contributed by atoms with Gasteiger partial charge >= 0.3 is 6.03 Å².